The van der Waals surface area contributed by atoms with Crippen LogP contribution in [0.25, 0.3) is 0 Å². The predicted octanol–water partition coefficient (Wildman–Crippen LogP) is -1.18. The summed E-state index contributed by atoms with van der Waals surface area (Å²) in [4.78, 5) is 23.8. The van der Waals surface area contributed by atoms with E-state index in [1.54, 1.807) is 24.3 Å². The third kappa shape index (κ3) is 6.65. The van der Waals surface area contributed by atoms with Crippen LogP contribution in [0, 0.1) is 12.5 Å². The number of carbonyl (C=O) groups excluding carboxylic acids is 2. The summed E-state index contributed by atoms with van der Waals surface area (Å²) in [7, 11) is 0. The van der Waals surface area contributed by atoms with E-state index in [4.69, 9.17) is 22.9 Å². The number of carbonyl (C=O) groups is 2. The second-order valence-corrected chi connectivity index (χ2v) is 5.54. The Labute approximate surface area is 163 Å². The van der Waals surface area contributed by atoms with Gasteiger partial charge in [0, 0.05) is 30.7 Å². The third-order valence-corrected chi connectivity index (χ3v) is 3.71. The molecule has 1 aliphatic heterocycles. The van der Waals surface area contributed by atoms with Crippen LogP contribution in [0.5, 0.6) is 0 Å². The van der Waals surface area contributed by atoms with Crippen molar-refractivity contribution in [3.63, 3.8) is 0 Å². The van der Waals surface area contributed by atoms with E-state index in [0.717, 1.165) is 5.56 Å². The number of benzene rings is 1. The first-order valence-electron chi connectivity index (χ1n) is 7.10. The van der Waals surface area contributed by atoms with Gasteiger partial charge in [0.2, 0.25) is 5.91 Å². The van der Waals surface area contributed by atoms with Gasteiger partial charge in [-0.15, -0.1) is 0 Å². The Morgan fingerprint density at radius 3 is 2.43 bits per heavy atom. The van der Waals surface area contributed by atoms with Crippen LogP contribution in [-0.2, 0) is 20.9 Å². The van der Waals surface area contributed by atoms with Crippen LogP contribution in [0.1, 0.15) is 18.4 Å². The molecule has 1 fully saturated rings. The average molecular weight is 345 g/mol. The van der Waals surface area contributed by atoms with Crippen LogP contribution >= 0.6 is 11.6 Å². The zero-order valence-electron chi connectivity index (χ0n) is 13.1. The van der Waals surface area contributed by atoms with Crippen molar-refractivity contribution in [1.82, 2.24) is 10.6 Å². The number of hydrogen-bond donors (Lipinski definition) is 2. The van der Waals surface area contributed by atoms with Crippen LogP contribution in [-0.4, -0.2) is 25.0 Å². The quantitative estimate of drug-likeness (QED) is 0.401. The van der Waals surface area contributed by atoms with Gasteiger partial charge in [0.15, 0.2) is 0 Å². The molecule has 0 spiro atoms. The van der Waals surface area contributed by atoms with E-state index in [0.29, 0.717) is 37.6 Å². The Bertz CT molecular complexity index is 557. The van der Waals surface area contributed by atoms with Gasteiger partial charge in [0.05, 0.1) is 0 Å². The molecule has 2 rings (SSSR count). The fourth-order valence-electron chi connectivity index (χ4n) is 2.13. The van der Waals surface area contributed by atoms with Gasteiger partial charge in [-0.25, -0.2) is 0 Å². The minimum absolute atomic E-state index is 0. The summed E-state index contributed by atoms with van der Waals surface area (Å²) in [6.07, 6.45) is 1.29. The molecular formula is C16H18ClN2NaO3. The molecule has 0 radical (unpaired) electrons. The van der Waals surface area contributed by atoms with Crippen molar-refractivity contribution in [3.8, 4) is 0 Å². The maximum atomic E-state index is 12.0. The first-order chi connectivity index (χ1) is 10.6. The van der Waals surface area contributed by atoms with Gasteiger partial charge in [0.1, 0.15) is 5.91 Å². The van der Waals surface area contributed by atoms with Gasteiger partial charge < -0.3 is 20.2 Å². The molecule has 23 heavy (non-hydrogen) atoms. The van der Waals surface area contributed by atoms with E-state index in [1.165, 1.54) is 0 Å². The number of hydrogen-bond acceptors (Lipinski definition) is 3. The Morgan fingerprint density at radius 2 is 1.83 bits per heavy atom. The zero-order chi connectivity index (χ0) is 15.9. The van der Waals surface area contributed by atoms with E-state index >= 15 is 0 Å². The summed E-state index contributed by atoms with van der Waals surface area (Å²) in [6.45, 7) is 7.06. The Morgan fingerprint density at radius 1 is 1.22 bits per heavy atom. The number of amides is 2. The molecule has 7 heteroatoms. The van der Waals surface area contributed by atoms with E-state index in [2.05, 4.69) is 10.6 Å². The molecule has 0 aromatic heterocycles. The normalized spacial score (nSPS) is 14.5. The summed E-state index contributed by atoms with van der Waals surface area (Å²) in [5, 5.41) is 5.73. The van der Waals surface area contributed by atoms with Crippen LogP contribution in [0.2, 0.25) is 5.02 Å². The first-order valence-corrected chi connectivity index (χ1v) is 7.47. The molecule has 1 aromatic carbocycles. The molecule has 1 saturated heterocycles. The largest absolute Gasteiger partial charge is 1.00 e. The smallest absolute Gasteiger partial charge is 0.425 e. The minimum Gasteiger partial charge on any atom is -0.425 e. The van der Waals surface area contributed by atoms with Crippen LogP contribution in [0.3, 0.4) is 0 Å². The first kappa shape index (κ1) is 20.2. The average Bonchev–Trinajstić information content (AvgIpc) is 2.54. The molecule has 2 N–H and O–H groups in total. The molecule has 1 aliphatic rings. The number of rotatable bonds is 5. The van der Waals surface area contributed by atoms with Crippen molar-refractivity contribution in [1.29, 1.82) is 0 Å². The van der Waals surface area contributed by atoms with Crippen LogP contribution < -0.4 is 40.2 Å². The molecule has 0 saturated carbocycles. The summed E-state index contributed by atoms with van der Waals surface area (Å²) in [5.74, 6) is -0.894. The monoisotopic (exact) mass is 344 g/mol. The van der Waals surface area contributed by atoms with E-state index in [1.807, 2.05) is 0 Å². The molecule has 2 amide bonds. The third-order valence-electron chi connectivity index (χ3n) is 3.46. The maximum Gasteiger partial charge on any atom is 1.00 e. The molecule has 118 valence electrons. The van der Waals surface area contributed by atoms with Crippen molar-refractivity contribution in [2.24, 2.45) is 5.92 Å². The molecule has 0 aliphatic carbocycles. The second-order valence-electron chi connectivity index (χ2n) is 5.10. The fourth-order valence-corrected chi connectivity index (χ4v) is 2.26. The summed E-state index contributed by atoms with van der Waals surface area (Å²) in [6, 6.07) is 7.09. The SMILES string of the molecule is [CH-]=C(NC(=O)C1CCOCC1)C(=O)NCc1ccc(Cl)cc1.[Na+]. The molecule has 1 aromatic rings. The molecular weight excluding hydrogens is 327 g/mol. The molecule has 0 atom stereocenters. The Kier molecular flexibility index (Phi) is 8.87. The zero-order valence-corrected chi connectivity index (χ0v) is 15.9. The van der Waals surface area contributed by atoms with Gasteiger partial charge in [0.25, 0.3) is 0 Å². The molecule has 0 unspecified atom stereocenters. The standard InChI is InChI=1S/C16H18ClN2O3.Na/c1-11(19-16(21)13-6-8-22-9-7-13)15(20)18-10-12-2-4-14(17)5-3-12;/h1-5,13H,6-10H2,(H,18,20)(H,19,21);/q-1;+1. The fraction of sp³-hybridized carbons (Fsp3) is 0.375. The van der Waals surface area contributed by atoms with Gasteiger partial charge in [-0.05, 0) is 30.5 Å². The van der Waals surface area contributed by atoms with E-state index < -0.39 is 5.91 Å². The Hall–Kier alpha value is -0.850. The van der Waals surface area contributed by atoms with Gasteiger partial charge in [-0.1, -0.05) is 29.4 Å². The topological polar surface area (TPSA) is 67.4 Å². The predicted molar refractivity (Wildman–Crippen MR) is 82.8 cm³/mol. The van der Waals surface area contributed by atoms with Gasteiger partial charge >= 0.3 is 29.6 Å². The van der Waals surface area contributed by atoms with Crippen LogP contribution in [0.4, 0.5) is 0 Å². The number of ether oxygens (including phenoxy) is 1. The summed E-state index contributed by atoms with van der Waals surface area (Å²) in [5.41, 5.74) is 0.701. The Balaban J connectivity index is 0.00000264. The molecule has 1 heterocycles. The van der Waals surface area contributed by atoms with Crippen molar-refractivity contribution in [3.05, 3.63) is 47.1 Å². The van der Waals surface area contributed by atoms with Crippen molar-refractivity contribution < 1.29 is 43.9 Å². The van der Waals surface area contributed by atoms with E-state index in [9.17, 15) is 9.59 Å². The van der Waals surface area contributed by atoms with Crippen molar-refractivity contribution >= 4 is 23.4 Å². The minimum atomic E-state index is -0.504. The second kappa shape index (κ2) is 10.1. The molecule has 0 bridgehead atoms. The van der Waals surface area contributed by atoms with Crippen molar-refractivity contribution in [2.75, 3.05) is 13.2 Å². The number of halogens is 1. The van der Waals surface area contributed by atoms with Crippen LogP contribution in [0.15, 0.2) is 30.0 Å². The summed E-state index contributed by atoms with van der Waals surface area (Å²) >= 11 is 5.79. The van der Waals surface area contributed by atoms with E-state index in [-0.39, 0.29) is 47.1 Å². The molecule has 5 nitrogen and oxygen atoms in total. The maximum absolute atomic E-state index is 12.0. The van der Waals surface area contributed by atoms with Gasteiger partial charge in [-0.3, -0.25) is 11.4 Å². The number of nitrogens with one attached hydrogen (secondary N) is 2. The summed E-state index contributed by atoms with van der Waals surface area (Å²) < 4.78 is 5.19. The van der Waals surface area contributed by atoms with Crippen molar-refractivity contribution in [2.45, 2.75) is 19.4 Å². The van der Waals surface area contributed by atoms with Gasteiger partial charge in [-0.2, -0.15) is 0 Å².